The van der Waals surface area contributed by atoms with Crippen molar-refractivity contribution in [1.82, 2.24) is 5.32 Å². The molecule has 1 amide bonds. The van der Waals surface area contributed by atoms with Crippen molar-refractivity contribution in [3.63, 3.8) is 0 Å². The first-order chi connectivity index (χ1) is 14.0. The topological polar surface area (TPSA) is 73.9 Å². The monoisotopic (exact) mass is 461 g/mol. The summed E-state index contributed by atoms with van der Waals surface area (Å²) < 4.78 is 16.4. The second-order valence-electron chi connectivity index (χ2n) is 6.96. The minimum Gasteiger partial charge on any atom is -0.493 e. The van der Waals surface area contributed by atoms with Crippen LogP contribution in [0.1, 0.15) is 35.9 Å². The standard InChI is InChI=1S/C22H24BrNO5/c1-27-19-9-6-14(10-20(19)28-2)18(12-21(25)29-3)24-22(26)17-11-16(17)13-4-7-15(23)8-5-13/h4-10,16-18H,11-12H2,1-3H3,(H,24,26). The Morgan fingerprint density at radius 3 is 2.38 bits per heavy atom. The van der Waals surface area contributed by atoms with Crippen LogP contribution in [0.4, 0.5) is 0 Å². The van der Waals surface area contributed by atoms with Gasteiger partial charge < -0.3 is 19.5 Å². The zero-order valence-electron chi connectivity index (χ0n) is 16.6. The van der Waals surface area contributed by atoms with Crippen LogP contribution >= 0.6 is 15.9 Å². The molecule has 3 unspecified atom stereocenters. The zero-order valence-corrected chi connectivity index (χ0v) is 18.2. The average molecular weight is 462 g/mol. The molecular formula is C22H24BrNO5. The summed E-state index contributed by atoms with van der Waals surface area (Å²) in [6.07, 6.45) is 0.831. The maximum atomic E-state index is 12.9. The van der Waals surface area contributed by atoms with Crippen LogP contribution in [0.5, 0.6) is 11.5 Å². The van der Waals surface area contributed by atoms with Crippen molar-refractivity contribution in [1.29, 1.82) is 0 Å². The van der Waals surface area contributed by atoms with Crippen LogP contribution in [0.3, 0.4) is 0 Å². The third kappa shape index (κ3) is 5.09. The van der Waals surface area contributed by atoms with E-state index in [0.717, 1.165) is 22.0 Å². The summed E-state index contributed by atoms with van der Waals surface area (Å²) in [7, 11) is 4.43. The molecule has 1 aliphatic rings. The van der Waals surface area contributed by atoms with Gasteiger partial charge in [-0.25, -0.2) is 0 Å². The summed E-state index contributed by atoms with van der Waals surface area (Å²) in [5, 5.41) is 3.01. The van der Waals surface area contributed by atoms with Crippen LogP contribution in [0.2, 0.25) is 0 Å². The fourth-order valence-corrected chi connectivity index (χ4v) is 3.68. The second-order valence-corrected chi connectivity index (χ2v) is 7.87. The van der Waals surface area contributed by atoms with Gasteiger partial charge in [0, 0.05) is 10.4 Å². The Morgan fingerprint density at radius 2 is 1.76 bits per heavy atom. The summed E-state index contributed by atoms with van der Waals surface area (Å²) >= 11 is 3.43. The van der Waals surface area contributed by atoms with Gasteiger partial charge in [0.1, 0.15) is 0 Å². The molecule has 3 atom stereocenters. The molecule has 154 valence electrons. The Kier molecular flexibility index (Phi) is 6.79. The van der Waals surface area contributed by atoms with Gasteiger partial charge in [0.2, 0.25) is 5.91 Å². The van der Waals surface area contributed by atoms with Gasteiger partial charge in [-0.15, -0.1) is 0 Å². The minimum absolute atomic E-state index is 0.0351. The quantitative estimate of drug-likeness (QED) is 0.601. The summed E-state index contributed by atoms with van der Waals surface area (Å²) in [5.41, 5.74) is 1.89. The number of halogens is 1. The molecule has 0 saturated heterocycles. The maximum absolute atomic E-state index is 12.9. The third-order valence-corrected chi connectivity index (χ3v) is 5.68. The van der Waals surface area contributed by atoms with E-state index in [2.05, 4.69) is 21.2 Å². The molecule has 1 N–H and O–H groups in total. The largest absolute Gasteiger partial charge is 0.493 e. The number of methoxy groups -OCH3 is 3. The van der Waals surface area contributed by atoms with Crippen molar-refractivity contribution < 1.29 is 23.8 Å². The van der Waals surface area contributed by atoms with E-state index in [-0.39, 0.29) is 24.2 Å². The van der Waals surface area contributed by atoms with Crippen LogP contribution in [0.25, 0.3) is 0 Å². The van der Waals surface area contributed by atoms with E-state index in [0.29, 0.717) is 11.5 Å². The van der Waals surface area contributed by atoms with Crippen molar-refractivity contribution in [3.8, 4) is 11.5 Å². The average Bonchev–Trinajstić information content (AvgIpc) is 3.54. The fraction of sp³-hybridized carbons (Fsp3) is 0.364. The van der Waals surface area contributed by atoms with Gasteiger partial charge in [-0.2, -0.15) is 0 Å². The lowest BCUT2D eigenvalue weighted by molar-refractivity contribution is -0.141. The number of hydrogen-bond acceptors (Lipinski definition) is 5. The van der Waals surface area contributed by atoms with Crippen molar-refractivity contribution in [2.24, 2.45) is 5.92 Å². The highest BCUT2D eigenvalue weighted by Gasteiger charge is 2.44. The van der Waals surface area contributed by atoms with Crippen LogP contribution in [-0.2, 0) is 14.3 Å². The van der Waals surface area contributed by atoms with Crippen molar-refractivity contribution >= 4 is 27.8 Å². The Balaban J connectivity index is 1.75. The van der Waals surface area contributed by atoms with E-state index < -0.39 is 12.0 Å². The van der Waals surface area contributed by atoms with Crippen LogP contribution in [0, 0.1) is 5.92 Å². The lowest BCUT2D eigenvalue weighted by Crippen LogP contribution is -2.32. The molecule has 0 aliphatic heterocycles. The third-order valence-electron chi connectivity index (χ3n) is 5.15. The number of amides is 1. The van der Waals surface area contributed by atoms with E-state index in [9.17, 15) is 9.59 Å². The molecular weight excluding hydrogens is 438 g/mol. The molecule has 0 bridgehead atoms. The van der Waals surface area contributed by atoms with Crippen molar-refractivity contribution in [2.45, 2.75) is 24.8 Å². The van der Waals surface area contributed by atoms with Gasteiger partial charge in [-0.05, 0) is 47.7 Å². The molecule has 0 spiro atoms. The van der Waals surface area contributed by atoms with E-state index in [1.165, 1.54) is 7.11 Å². The molecule has 0 aromatic heterocycles. The van der Waals surface area contributed by atoms with Gasteiger partial charge in [-0.1, -0.05) is 34.1 Å². The first kappa shape index (κ1) is 21.2. The molecule has 7 heteroatoms. The molecule has 1 fully saturated rings. The maximum Gasteiger partial charge on any atom is 0.307 e. The van der Waals surface area contributed by atoms with E-state index >= 15 is 0 Å². The molecule has 2 aromatic rings. The van der Waals surface area contributed by atoms with Gasteiger partial charge >= 0.3 is 5.97 Å². The van der Waals surface area contributed by atoms with Crippen molar-refractivity contribution in [2.75, 3.05) is 21.3 Å². The van der Waals surface area contributed by atoms with E-state index in [4.69, 9.17) is 14.2 Å². The SMILES string of the molecule is COC(=O)CC(NC(=O)C1CC1c1ccc(Br)cc1)c1ccc(OC)c(OC)c1. The highest BCUT2D eigenvalue weighted by Crippen LogP contribution is 2.48. The zero-order chi connectivity index (χ0) is 21.0. The first-order valence-electron chi connectivity index (χ1n) is 9.31. The Labute approximate surface area is 178 Å². The normalized spacial score (nSPS) is 18.5. The first-order valence-corrected chi connectivity index (χ1v) is 10.1. The molecule has 29 heavy (non-hydrogen) atoms. The molecule has 2 aromatic carbocycles. The highest BCUT2D eigenvalue weighted by atomic mass is 79.9. The summed E-state index contributed by atoms with van der Waals surface area (Å²) in [6.45, 7) is 0. The summed E-state index contributed by atoms with van der Waals surface area (Å²) in [6, 6.07) is 12.8. The number of rotatable bonds is 8. The number of benzene rings is 2. The molecule has 0 radical (unpaired) electrons. The summed E-state index contributed by atoms with van der Waals surface area (Å²) in [5.74, 6) is 0.751. The lowest BCUT2D eigenvalue weighted by Gasteiger charge is -2.20. The molecule has 0 heterocycles. The van der Waals surface area contributed by atoms with E-state index in [1.807, 2.05) is 30.3 Å². The van der Waals surface area contributed by atoms with Crippen molar-refractivity contribution in [3.05, 3.63) is 58.1 Å². The molecule has 6 nitrogen and oxygen atoms in total. The Bertz CT molecular complexity index is 883. The number of carbonyl (C=O) groups excluding carboxylic acids is 2. The second kappa shape index (κ2) is 9.31. The van der Waals surface area contributed by atoms with Gasteiger partial charge in [-0.3, -0.25) is 9.59 Å². The fourth-order valence-electron chi connectivity index (χ4n) is 3.41. The minimum atomic E-state index is -0.513. The van der Waals surface area contributed by atoms with Crippen LogP contribution < -0.4 is 14.8 Å². The number of ether oxygens (including phenoxy) is 3. The number of nitrogens with one attached hydrogen (secondary N) is 1. The predicted molar refractivity (Wildman–Crippen MR) is 112 cm³/mol. The number of esters is 1. The van der Waals surface area contributed by atoms with Crippen LogP contribution in [-0.4, -0.2) is 33.2 Å². The molecule has 1 saturated carbocycles. The smallest absolute Gasteiger partial charge is 0.307 e. The number of hydrogen-bond donors (Lipinski definition) is 1. The highest BCUT2D eigenvalue weighted by molar-refractivity contribution is 9.10. The lowest BCUT2D eigenvalue weighted by atomic mass is 10.0. The molecule has 3 rings (SSSR count). The van der Waals surface area contributed by atoms with Crippen LogP contribution in [0.15, 0.2) is 46.9 Å². The Hall–Kier alpha value is -2.54. The molecule has 1 aliphatic carbocycles. The van der Waals surface area contributed by atoms with Gasteiger partial charge in [0.15, 0.2) is 11.5 Å². The van der Waals surface area contributed by atoms with Gasteiger partial charge in [0.25, 0.3) is 0 Å². The summed E-state index contributed by atoms with van der Waals surface area (Å²) in [4.78, 5) is 24.8. The Morgan fingerprint density at radius 1 is 1.07 bits per heavy atom. The van der Waals surface area contributed by atoms with Gasteiger partial charge in [0.05, 0.1) is 33.8 Å². The predicted octanol–water partition coefficient (Wildman–Crippen LogP) is 3.99. The number of carbonyl (C=O) groups is 2. The van der Waals surface area contributed by atoms with E-state index in [1.54, 1.807) is 26.4 Å².